The molecule has 4 rings (SSSR count). The summed E-state index contributed by atoms with van der Waals surface area (Å²) in [5, 5.41) is 22.6. The third-order valence-electron chi connectivity index (χ3n) is 11.5. The van der Waals surface area contributed by atoms with E-state index in [-0.39, 0.29) is 27.7 Å². The van der Waals surface area contributed by atoms with E-state index < -0.39 is 13.9 Å². The summed E-state index contributed by atoms with van der Waals surface area (Å²) in [7, 11) is -1.91. The first-order valence-electron chi connectivity index (χ1n) is 15.1. The number of fused-ring (bicyclic) bond motifs is 5. The van der Waals surface area contributed by atoms with Crippen LogP contribution in [-0.4, -0.2) is 47.8 Å². The maximum absolute atomic E-state index is 11.7. The van der Waals surface area contributed by atoms with Crippen molar-refractivity contribution in [3.63, 3.8) is 0 Å². The molecule has 0 saturated heterocycles. The van der Waals surface area contributed by atoms with Crippen molar-refractivity contribution in [2.24, 2.45) is 28.6 Å². The zero-order valence-electron chi connectivity index (χ0n) is 25.3. The lowest BCUT2D eigenvalue weighted by atomic mass is 9.50. The van der Waals surface area contributed by atoms with Gasteiger partial charge in [0.05, 0.1) is 11.7 Å². The van der Waals surface area contributed by atoms with Gasteiger partial charge in [0.1, 0.15) is 0 Å². The minimum atomic E-state index is -1.91. The zero-order valence-corrected chi connectivity index (χ0v) is 27.1. The van der Waals surface area contributed by atoms with Gasteiger partial charge in [0, 0.05) is 17.8 Å². The molecule has 0 bridgehead atoms. The maximum Gasteiger partial charge on any atom is 0.192 e. The minimum absolute atomic E-state index is 0.0985. The molecule has 0 aromatic rings. The lowest BCUT2D eigenvalue weighted by Gasteiger charge is -2.54. The average Bonchev–Trinajstić information content (AvgIpc) is 3.04. The van der Waals surface area contributed by atoms with Crippen molar-refractivity contribution in [3.05, 3.63) is 23.3 Å². The molecule has 0 radical (unpaired) electrons. The highest BCUT2D eigenvalue weighted by Gasteiger charge is 2.60. The third kappa shape index (κ3) is 5.73. The monoisotopic (exact) mass is 548 g/mol. The second-order valence-corrected chi connectivity index (χ2v) is 21.7. The van der Waals surface area contributed by atoms with Crippen LogP contribution >= 0.6 is 11.8 Å². The maximum atomic E-state index is 11.7. The van der Waals surface area contributed by atoms with Crippen molar-refractivity contribution in [2.45, 2.75) is 135 Å². The van der Waals surface area contributed by atoms with E-state index >= 15 is 0 Å². The molecule has 37 heavy (non-hydrogen) atoms. The molecule has 0 spiro atoms. The van der Waals surface area contributed by atoms with E-state index in [0.717, 1.165) is 18.6 Å². The van der Waals surface area contributed by atoms with E-state index in [0.29, 0.717) is 23.9 Å². The Hall–Kier alpha value is -0.0731. The van der Waals surface area contributed by atoms with Gasteiger partial charge >= 0.3 is 0 Å². The third-order valence-corrected chi connectivity index (χ3v) is 17.3. The fourth-order valence-corrected chi connectivity index (χ4v) is 10.9. The van der Waals surface area contributed by atoms with E-state index in [1.807, 2.05) is 25.6 Å². The molecular weight excluding hydrogens is 493 g/mol. The molecule has 0 heterocycles. The smallest absolute Gasteiger partial charge is 0.192 e. The average molecular weight is 549 g/mol. The van der Waals surface area contributed by atoms with Crippen molar-refractivity contribution in [1.29, 1.82) is 0 Å². The molecule has 0 unspecified atom stereocenters. The number of aliphatic hydroxyl groups excluding tert-OH is 1. The van der Waals surface area contributed by atoms with Crippen LogP contribution in [0.3, 0.4) is 0 Å². The normalized spacial score (nSPS) is 37.3. The number of aliphatic hydroxyl groups is 2. The number of allylic oxidation sites excluding steroid dienone is 4. The van der Waals surface area contributed by atoms with E-state index in [9.17, 15) is 10.2 Å². The summed E-state index contributed by atoms with van der Waals surface area (Å²) < 4.78 is 6.84. The van der Waals surface area contributed by atoms with Gasteiger partial charge in [-0.2, -0.15) is 11.8 Å². The summed E-state index contributed by atoms with van der Waals surface area (Å²) in [4.78, 5) is 0. The standard InChI is InChI=1S/C32H56O3SSi/c1-29(2,3)37(8,9)35-21-27(36-19-18-30(4,5)34)28-26(33)20-25-23-14-13-22-12-10-11-16-31(22,6)24(23)15-17-32(25,28)7/h13-14,24-28,33-34H,10-12,15-21H2,1-9H3/t24-,25-,26+,27-,28+,31-,32-/m0/s1. The highest BCUT2D eigenvalue weighted by molar-refractivity contribution is 7.99. The summed E-state index contributed by atoms with van der Waals surface area (Å²) >= 11 is 1.95. The van der Waals surface area contributed by atoms with Crippen LogP contribution in [0.2, 0.25) is 18.1 Å². The molecule has 0 amide bonds. The first-order chi connectivity index (χ1) is 17.0. The van der Waals surface area contributed by atoms with Crippen molar-refractivity contribution in [3.8, 4) is 0 Å². The Balaban J connectivity index is 1.61. The Bertz CT molecular complexity index is 897. The summed E-state index contributed by atoms with van der Waals surface area (Å²) in [6.45, 7) is 21.2. The van der Waals surface area contributed by atoms with Crippen LogP contribution in [0, 0.1) is 28.6 Å². The number of rotatable bonds is 8. The molecule has 5 heteroatoms. The summed E-state index contributed by atoms with van der Waals surface area (Å²) in [6, 6.07) is 0. The summed E-state index contributed by atoms with van der Waals surface area (Å²) in [6.07, 6.45) is 14.1. The first-order valence-corrected chi connectivity index (χ1v) is 19.0. The van der Waals surface area contributed by atoms with Gasteiger partial charge in [-0.1, -0.05) is 64.3 Å². The van der Waals surface area contributed by atoms with Crippen LogP contribution in [-0.2, 0) is 4.43 Å². The predicted octanol–water partition coefficient (Wildman–Crippen LogP) is 8.13. The molecule has 7 atom stereocenters. The molecule has 4 aliphatic rings. The minimum Gasteiger partial charge on any atom is -0.416 e. The van der Waals surface area contributed by atoms with Gasteiger partial charge < -0.3 is 14.6 Å². The Morgan fingerprint density at radius 1 is 1.08 bits per heavy atom. The van der Waals surface area contributed by atoms with Gasteiger partial charge in [-0.25, -0.2) is 0 Å². The van der Waals surface area contributed by atoms with Gasteiger partial charge in [0.2, 0.25) is 0 Å². The van der Waals surface area contributed by atoms with Gasteiger partial charge in [0.25, 0.3) is 0 Å². The predicted molar refractivity (Wildman–Crippen MR) is 161 cm³/mol. The highest BCUT2D eigenvalue weighted by atomic mass is 32.2. The Morgan fingerprint density at radius 3 is 2.43 bits per heavy atom. The lowest BCUT2D eigenvalue weighted by molar-refractivity contribution is 0.0343. The number of hydrogen-bond donors (Lipinski definition) is 2. The highest BCUT2D eigenvalue weighted by Crippen LogP contribution is 2.66. The largest absolute Gasteiger partial charge is 0.416 e. The molecule has 212 valence electrons. The van der Waals surface area contributed by atoms with Crippen molar-refractivity contribution in [1.82, 2.24) is 0 Å². The Kier molecular flexibility index (Phi) is 8.40. The summed E-state index contributed by atoms with van der Waals surface area (Å²) in [5.41, 5.74) is 3.10. The molecule has 0 aromatic carbocycles. The van der Waals surface area contributed by atoms with Gasteiger partial charge in [-0.05, 0) is 105 Å². The van der Waals surface area contributed by atoms with E-state index in [4.69, 9.17) is 4.43 Å². The van der Waals surface area contributed by atoms with Crippen LogP contribution < -0.4 is 0 Å². The fourth-order valence-electron chi connectivity index (χ4n) is 7.99. The van der Waals surface area contributed by atoms with Crippen molar-refractivity contribution < 1.29 is 14.6 Å². The Morgan fingerprint density at radius 2 is 1.78 bits per heavy atom. The molecular formula is C32H56O3SSi. The molecule has 3 nitrogen and oxygen atoms in total. The number of thioether (sulfide) groups is 1. The first kappa shape index (κ1) is 29.9. The zero-order chi connectivity index (χ0) is 27.4. The van der Waals surface area contributed by atoms with Crippen LogP contribution in [0.1, 0.15) is 99.8 Å². The molecule has 2 N–H and O–H groups in total. The second kappa shape index (κ2) is 10.4. The summed E-state index contributed by atoms with van der Waals surface area (Å²) in [5.74, 6) is 2.24. The molecule has 3 saturated carbocycles. The van der Waals surface area contributed by atoms with E-state index in [1.54, 1.807) is 11.1 Å². The quantitative estimate of drug-likeness (QED) is 0.301. The van der Waals surface area contributed by atoms with Gasteiger partial charge in [-0.3, -0.25) is 0 Å². The van der Waals surface area contributed by atoms with Gasteiger partial charge in [0.15, 0.2) is 8.32 Å². The molecule has 0 aliphatic heterocycles. The van der Waals surface area contributed by atoms with Crippen molar-refractivity contribution in [2.75, 3.05) is 12.4 Å². The molecule has 0 aromatic heterocycles. The van der Waals surface area contributed by atoms with Crippen LogP contribution in [0.5, 0.6) is 0 Å². The van der Waals surface area contributed by atoms with Crippen LogP contribution in [0.4, 0.5) is 0 Å². The van der Waals surface area contributed by atoms with Crippen LogP contribution in [0.25, 0.3) is 0 Å². The lowest BCUT2D eigenvalue weighted by Crippen LogP contribution is -2.49. The van der Waals surface area contributed by atoms with Crippen molar-refractivity contribution >= 4 is 20.1 Å². The topological polar surface area (TPSA) is 49.7 Å². The van der Waals surface area contributed by atoms with E-state index in [2.05, 4.69) is 59.9 Å². The molecule has 4 aliphatic carbocycles. The second-order valence-electron chi connectivity index (χ2n) is 15.5. The fraction of sp³-hybridized carbons (Fsp3) is 0.875. The Labute approximate surface area is 233 Å². The SMILES string of the molecule is CC(C)(O)CCS[C@@H](CO[Si](C)(C)C(C)(C)C)[C@H]1[C@H](O)C[C@H]2C3=CC=C4CCCC[C@]4(C)[C@H]3CC[C@]12C. The molecule has 3 fully saturated rings. The van der Waals surface area contributed by atoms with Gasteiger partial charge in [-0.15, -0.1) is 0 Å². The number of hydrogen-bond acceptors (Lipinski definition) is 4. The van der Waals surface area contributed by atoms with Crippen LogP contribution in [0.15, 0.2) is 23.3 Å². The van der Waals surface area contributed by atoms with E-state index in [1.165, 1.54) is 38.5 Å².